The number of halogens is 1. The molecule has 21 heavy (non-hydrogen) atoms. The molecule has 1 unspecified atom stereocenters. The molecule has 106 valence electrons. The summed E-state index contributed by atoms with van der Waals surface area (Å²) in [7, 11) is 1.65. The van der Waals surface area contributed by atoms with Gasteiger partial charge in [0.05, 0.1) is 18.7 Å². The molecule has 0 spiro atoms. The maximum Gasteiger partial charge on any atom is 0.119 e. The van der Waals surface area contributed by atoms with Crippen LogP contribution in [0.5, 0.6) is 5.75 Å². The van der Waals surface area contributed by atoms with Gasteiger partial charge in [0.15, 0.2) is 0 Å². The molecule has 0 radical (unpaired) electrons. The molecule has 0 bridgehead atoms. The van der Waals surface area contributed by atoms with Gasteiger partial charge in [0.25, 0.3) is 0 Å². The van der Waals surface area contributed by atoms with Gasteiger partial charge in [0.2, 0.25) is 0 Å². The van der Waals surface area contributed by atoms with E-state index in [1.807, 2.05) is 48.5 Å². The summed E-state index contributed by atoms with van der Waals surface area (Å²) in [4.78, 5) is 4.47. The summed E-state index contributed by atoms with van der Waals surface area (Å²) in [6, 6.07) is 15.6. The highest BCUT2D eigenvalue weighted by molar-refractivity contribution is 9.10. The largest absolute Gasteiger partial charge is 0.497 e. The van der Waals surface area contributed by atoms with E-state index in [2.05, 4.69) is 20.9 Å². The van der Waals surface area contributed by atoms with Crippen LogP contribution in [0.2, 0.25) is 0 Å². The fourth-order valence-electron chi connectivity index (χ4n) is 2.43. The van der Waals surface area contributed by atoms with E-state index < -0.39 is 0 Å². The van der Waals surface area contributed by atoms with Crippen LogP contribution in [0, 0.1) is 0 Å². The molecule has 2 N–H and O–H groups in total. The Morgan fingerprint density at radius 2 is 1.90 bits per heavy atom. The number of aromatic nitrogens is 1. The molecule has 1 aromatic heterocycles. The predicted octanol–water partition coefficient (Wildman–Crippen LogP) is 4.05. The first-order chi connectivity index (χ1) is 10.2. The summed E-state index contributed by atoms with van der Waals surface area (Å²) in [6.07, 6.45) is 1.79. The molecule has 4 heteroatoms. The second-order valence-corrected chi connectivity index (χ2v) is 5.64. The van der Waals surface area contributed by atoms with Crippen molar-refractivity contribution in [3.63, 3.8) is 0 Å². The van der Waals surface area contributed by atoms with Gasteiger partial charge in [-0.1, -0.05) is 40.2 Å². The Balaban J connectivity index is 2.14. The van der Waals surface area contributed by atoms with Gasteiger partial charge in [-0.2, -0.15) is 0 Å². The lowest BCUT2D eigenvalue weighted by molar-refractivity contribution is 0.414. The molecule has 3 nitrogen and oxygen atoms in total. The molecule has 0 aliphatic heterocycles. The fraction of sp³-hybridized carbons (Fsp3) is 0.118. The Morgan fingerprint density at radius 1 is 1.10 bits per heavy atom. The van der Waals surface area contributed by atoms with Gasteiger partial charge >= 0.3 is 0 Å². The number of rotatable bonds is 3. The second kappa shape index (κ2) is 5.84. The van der Waals surface area contributed by atoms with Crippen LogP contribution in [-0.2, 0) is 0 Å². The zero-order valence-electron chi connectivity index (χ0n) is 11.6. The number of nitrogens with zero attached hydrogens (tertiary/aromatic N) is 1. The van der Waals surface area contributed by atoms with Crippen LogP contribution in [0.1, 0.15) is 17.2 Å². The van der Waals surface area contributed by atoms with Crippen LogP contribution in [0.3, 0.4) is 0 Å². The number of nitrogens with two attached hydrogens (primary N) is 1. The van der Waals surface area contributed by atoms with E-state index in [9.17, 15) is 0 Å². The first kappa shape index (κ1) is 14.0. The van der Waals surface area contributed by atoms with Crippen LogP contribution < -0.4 is 10.5 Å². The van der Waals surface area contributed by atoms with E-state index in [0.717, 1.165) is 32.3 Å². The molecule has 0 saturated heterocycles. The molecule has 0 saturated carbocycles. The summed E-state index contributed by atoms with van der Waals surface area (Å²) in [6.45, 7) is 0. The van der Waals surface area contributed by atoms with Gasteiger partial charge in [-0.25, -0.2) is 0 Å². The normalized spacial score (nSPS) is 12.3. The molecule has 0 amide bonds. The maximum absolute atomic E-state index is 6.48. The molecule has 0 aliphatic rings. The van der Waals surface area contributed by atoms with Gasteiger partial charge in [0, 0.05) is 16.1 Å². The summed E-state index contributed by atoms with van der Waals surface area (Å²) >= 11 is 3.57. The third-order valence-corrected chi connectivity index (χ3v) is 4.26. The number of benzene rings is 2. The van der Waals surface area contributed by atoms with Gasteiger partial charge < -0.3 is 10.5 Å². The van der Waals surface area contributed by atoms with Gasteiger partial charge in [-0.05, 0) is 35.4 Å². The lowest BCUT2D eigenvalue weighted by atomic mass is 9.97. The quantitative estimate of drug-likeness (QED) is 0.780. The van der Waals surface area contributed by atoms with Crippen molar-refractivity contribution in [3.05, 3.63) is 70.3 Å². The van der Waals surface area contributed by atoms with E-state index >= 15 is 0 Å². The van der Waals surface area contributed by atoms with E-state index in [4.69, 9.17) is 10.5 Å². The highest BCUT2D eigenvalue weighted by atomic mass is 79.9. The molecular weight excluding hydrogens is 328 g/mol. The Morgan fingerprint density at radius 3 is 2.71 bits per heavy atom. The molecular formula is C17H15BrN2O. The standard InChI is InChI=1S/C17H15BrN2O/c1-21-12-7-8-15(18)14(10-12)16(19)13-6-2-4-11-5-3-9-20-17(11)13/h2-10,16H,19H2,1H3. The van der Waals surface area contributed by atoms with E-state index in [1.165, 1.54) is 0 Å². The smallest absolute Gasteiger partial charge is 0.119 e. The van der Waals surface area contributed by atoms with Crippen LogP contribution in [0.25, 0.3) is 10.9 Å². The van der Waals surface area contributed by atoms with Gasteiger partial charge in [-0.15, -0.1) is 0 Å². The Hall–Kier alpha value is -1.91. The van der Waals surface area contributed by atoms with Crippen molar-refractivity contribution in [2.45, 2.75) is 6.04 Å². The third kappa shape index (κ3) is 2.64. The fourth-order valence-corrected chi connectivity index (χ4v) is 2.93. The average molecular weight is 343 g/mol. The SMILES string of the molecule is COc1ccc(Br)c(C(N)c2cccc3cccnc23)c1. The van der Waals surface area contributed by atoms with Crippen molar-refractivity contribution in [3.8, 4) is 5.75 Å². The lowest BCUT2D eigenvalue weighted by Crippen LogP contribution is -2.13. The van der Waals surface area contributed by atoms with E-state index in [1.54, 1.807) is 13.3 Å². The van der Waals surface area contributed by atoms with Crippen LogP contribution >= 0.6 is 15.9 Å². The topological polar surface area (TPSA) is 48.1 Å². The zero-order valence-corrected chi connectivity index (χ0v) is 13.2. The Kier molecular flexibility index (Phi) is 3.90. The number of ether oxygens (including phenoxy) is 1. The highest BCUT2D eigenvalue weighted by Gasteiger charge is 2.16. The average Bonchev–Trinajstić information content (AvgIpc) is 2.54. The maximum atomic E-state index is 6.48. The van der Waals surface area contributed by atoms with Crippen LogP contribution in [0.4, 0.5) is 0 Å². The number of pyridine rings is 1. The number of hydrogen-bond acceptors (Lipinski definition) is 3. The van der Waals surface area contributed by atoms with Crippen molar-refractivity contribution in [2.24, 2.45) is 5.73 Å². The van der Waals surface area contributed by atoms with Crippen molar-refractivity contribution >= 4 is 26.8 Å². The Labute approximate surface area is 131 Å². The number of hydrogen-bond donors (Lipinski definition) is 1. The summed E-state index contributed by atoms with van der Waals surface area (Å²) in [5.41, 5.74) is 9.39. The third-order valence-electron chi connectivity index (χ3n) is 3.54. The zero-order chi connectivity index (χ0) is 14.8. The van der Waals surface area contributed by atoms with Crippen molar-refractivity contribution < 1.29 is 4.74 Å². The minimum absolute atomic E-state index is 0.270. The molecule has 0 aliphatic carbocycles. The molecule has 3 aromatic rings. The summed E-state index contributed by atoms with van der Waals surface area (Å²) < 4.78 is 6.25. The minimum Gasteiger partial charge on any atom is -0.497 e. The molecule has 3 rings (SSSR count). The molecule has 1 heterocycles. The minimum atomic E-state index is -0.270. The summed E-state index contributed by atoms with van der Waals surface area (Å²) in [5, 5.41) is 1.09. The Bertz CT molecular complexity index is 783. The lowest BCUT2D eigenvalue weighted by Gasteiger charge is -2.17. The van der Waals surface area contributed by atoms with Crippen LogP contribution in [-0.4, -0.2) is 12.1 Å². The monoisotopic (exact) mass is 342 g/mol. The summed E-state index contributed by atoms with van der Waals surface area (Å²) in [5.74, 6) is 0.789. The number of para-hydroxylation sites is 1. The number of methoxy groups -OCH3 is 1. The molecule has 1 atom stereocenters. The van der Waals surface area contributed by atoms with Crippen molar-refractivity contribution in [1.82, 2.24) is 4.98 Å². The van der Waals surface area contributed by atoms with E-state index in [0.29, 0.717) is 0 Å². The first-order valence-corrected chi connectivity index (χ1v) is 7.42. The van der Waals surface area contributed by atoms with Crippen molar-refractivity contribution in [2.75, 3.05) is 7.11 Å². The molecule has 0 fully saturated rings. The first-order valence-electron chi connectivity index (χ1n) is 6.63. The van der Waals surface area contributed by atoms with Crippen molar-refractivity contribution in [1.29, 1.82) is 0 Å². The second-order valence-electron chi connectivity index (χ2n) is 4.79. The predicted molar refractivity (Wildman–Crippen MR) is 88.5 cm³/mol. The molecule has 2 aromatic carbocycles. The number of fused-ring (bicyclic) bond motifs is 1. The van der Waals surface area contributed by atoms with E-state index in [-0.39, 0.29) is 6.04 Å². The van der Waals surface area contributed by atoms with Gasteiger partial charge in [0.1, 0.15) is 5.75 Å². The van der Waals surface area contributed by atoms with Crippen LogP contribution in [0.15, 0.2) is 59.2 Å². The highest BCUT2D eigenvalue weighted by Crippen LogP contribution is 2.32. The van der Waals surface area contributed by atoms with Gasteiger partial charge in [-0.3, -0.25) is 4.98 Å².